The molecule has 0 bridgehead atoms. The molecule has 0 radical (unpaired) electrons. The number of nitrogens with one attached hydrogen (secondary N) is 1. The maximum absolute atomic E-state index is 12.5. The minimum absolute atomic E-state index is 0.00247. The van der Waals surface area contributed by atoms with E-state index in [-0.39, 0.29) is 24.3 Å². The molecule has 2 amide bonds. The Bertz CT molecular complexity index is 551. The van der Waals surface area contributed by atoms with Crippen LogP contribution in [0.15, 0.2) is 18.2 Å². The van der Waals surface area contributed by atoms with E-state index in [1.165, 1.54) is 11.1 Å². The van der Waals surface area contributed by atoms with Gasteiger partial charge in [0.05, 0.1) is 25.4 Å². The number of ether oxygens (including phenoxy) is 2. The normalized spacial score (nSPS) is 27.4. The molecule has 2 aliphatic rings. The van der Waals surface area contributed by atoms with E-state index in [4.69, 9.17) is 9.47 Å². The third-order valence-corrected chi connectivity index (χ3v) is 4.45. The summed E-state index contributed by atoms with van der Waals surface area (Å²) in [5.74, 6) is 0.919. The number of rotatable bonds is 2. The lowest BCUT2D eigenvalue weighted by Crippen LogP contribution is -2.52. The number of fused-ring (bicyclic) bond motifs is 1. The average molecular weight is 304 g/mol. The Balaban J connectivity index is 1.69. The van der Waals surface area contributed by atoms with E-state index in [0.717, 1.165) is 18.6 Å². The van der Waals surface area contributed by atoms with Gasteiger partial charge in [-0.25, -0.2) is 4.79 Å². The summed E-state index contributed by atoms with van der Waals surface area (Å²) in [6, 6.07) is 6.13. The molecule has 1 aromatic carbocycles. The summed E-state index contributed by atoms with van der Waals surface area (Å²) in [4.78, 5) is 14.4. The Labute approximate surface area is 131 Å². The van der Waals surface area contributed by atoms with Gasteiger partial charge in [0.1, 0.15) is 5.75 Å². The van der Waals surface area contributed by atoms with Crippen LogP contribution in [0.2, 0.25) is 0 Å². The van der Waals surface area contributed by atoms with Crippen molar-refractivity contribution in [2.75, 3.05) is 20.2 Å². The number of amides is 2. The van der Waals surface area contributed by atoms with Crippen molar-refractivity contribution in [2.45, 2.75) is 44.9 Å². The number of hydrogen-bond acceptors (Lipinski definition) is 3. The second-order valence-corrected chi connectivity index (χ2v) is 6.23. The van der Waals surface area contributed by atoms with Crippen LogP contribution in [0.4, 0.5) is 4.79 Å². The molecule has 1 fully saturated rings. The van der Waals surface area contributed by atoms with Crippen molar-refractivity contribution in [3.63, 3.8) is 0 Å². The van der Waals surface area contributed by atoms with E-state index in [0.29, 0.717) is 13.1 Å². The number of hydrogen-bond donors (Lipinski definition) is 1. The number of morpholine rings is 1. The molecule has 1 aliphatic carbocycles. The maximum atomic E-state index is 12.5. The quantitative estimate of drug-likeness (QED) is 0.913. The zero-order valence-electron chi connectivity index (χ0n) is 13.5. The van der Waals surface area contributed by atoms with Crippen LogP contribution in [-0.4, -0.2) is 43.3 Å². The highest BCUT2D eigenvalue weighted by atomic mass is 16.5. The Morgan fingerprint density at radius 2 is 2.05 bits per heavy atom. The lowest BCUT2D eigenvalue weighted by Gasteiger charge is -2.36. The van der Waals surface area contributed by atoms with E-state index in [1.807, 2.05) is 30.9 Å². The summed E-state index contributed by atoms with van der Waals surface area (Å²) in [5, 5.41) is 3.17. The minimum Gasteiger partial charge on any atom is -0.496 e. The predicted molar refractivity (Wildman–Crippen MR) is 84.2 cm³/mol. The van der Waals surface area contributed by atoms with Crippen molar-refractivity contribution in [1.82, 2.24) is 10.2 Å². The first-order valence-corrected chi connectivity index (χ1v) is 7.95. The fourth-order valence-corrected chi connectivity index (χ4v) is 3.55. The lowest BCUT2D eigenvalue weighted by atomic mass is 10.1. The molecule has 0 aromatic heterocycles. The summed E-state index contributed by atoms with van der Waals surface area (Å²) in [6.45, 7) is 5.30. The number of carbonyl (C=O) groups excluding carboxylic acids is 1. The summed E-state index contributed by atoms with van der Waals surface area (Å²) < 4.78 is 11.1. The number of benzene rings is 1. The molecule has 22 heavy (non-hydrogen) atoms. The molecular formula is C17H24N2O3. The molecule has 0 unspecified atom stereocenters. The first-order valence-electron chi connectivity index (χ1n) is 7.95. The van der Waals surface area contributed by atoms with E-state index < -0.39 is 0 Å². The second kappa shape index (κ2) is 6.16. The molecule has 1 heterocycles. The third-order valence-electron chi connectivity index (χ3n) is 4.45. The van der Waals surface area contributed by atoms with Gasteiger partial charge >= 0.3 is 6.03 Å². The van der Waals surface area contributed by atoms with Crippen molar-refractivity contribution in [2.24, 2.45) is 0 Å². The Kier molecular flexibility index (Phi) is 4.25. The molecule has 5 nitrogen and oxygen atoms in total. The van der Waals surface area contributed by atoms with Crippen LogP contribution in [0.25, 0.3) is 0 Å². The molecule has 120 valence electrons. The summed E-state index contributed by atoms with van der Waals surface area (Å²) in [6.07, 6.45) is 2.05. The zero-order valence-corrected chi connectivity index (χ0v) is 13.5. The smallest absolute Gasteiger partial charge is 0.318 e. The Hall–Kier alpha value is -1.75. The summed E-state index contributed by atoms with van der Waals surface area (Å²) in [7, 11) is 1.69. The first-order chi connectivity index (χ1) is 10.6. The molecule has 0 saturated carbocycles. The van der Waals surface area contributed by atoms with Gasteiger partial charge < -0.3 is 19.7 Å². The van der Waals surface area contributed by atoms with Crippen LogP contribution in [0.5, 0.6) is 5.75 Å². The number of methoxy groups -OCH3 is 1. The highest BCUT2D eigenvalue weighted by molar-refractivity contribution is 5.75. The van der Waals surface area contributed by atoms with Gasteiger partial charge in [-0.1, -0.05) is 12.1 Å². The molecule has 0 spiro atoms. The van der Waals surface area contributed by atoms with Crippen molar-refractivity contribution in [1.29, 1.82) is 0 Å². The highest BCUT2D eigenvalue weighted by Crippen LogP contribution is 2.36. The molecule has 1 aromatic rings. The van der Waals surface area contributed by atoms with Crippen LogP contribution in [-0.2, 0) is 11.2 Å². The topological polar surface area (TPSA) is 50.8 Å². The van der Waals surface area contributed by atoms with Crippen molar-refractivity contribution in [3.8, 4) is 5.75 Å². The van der Waals surface area contributed by atoms with Crippen molar-refractivity contribution < 1.29 is 14.3 Å². The van der Waals surface area contributed by atoms with E-state index in [9.17, 15) is 4.79 Å². The molecule has 5 heteroatoms. The van der Waals surface area contributed by atoms with E-state index >= 15 is 0 Å². The number of urea groups is 1. The number of carbonyl (C=O) groups is 1. The van der Waals surface area contributed by atoms with Gasteiger partial charge in [-0.05, 0) is 43.9 Å². The van der Waals surface area contributed by atoms with Gasteiger partial charge in [0, 0.05) is 13.1 Å². The number of nitrogens with zero attached hydrogens (tertiary/aromatic N) is 1. The van der Waals surface area contributed by atoms with Crippen LogP contribution < -0.4 is 10.1 Å². The van der Waals surface area contributed by atoms with Gasteiger partial charge in [-0.2, -0.15) is 0 Å². The van der Waals surface area contributed by atoms with Gasteiger partial charge in [0.2, 0.25) is 0 Å². The van der Waals surface area contributed by atoms with Gasteiger partial charge in [-0.3, -0.25) is 0 Å². The van der Waals surface area contributed by atoms with Gasteiger partial charge in [0.15, 0.2) is 0 Å². The maximum Gasteiger partial charge on any atom is 0.318 e. The fourth-order valence-electron chi connectivity index (χ4n) is 3.55. The van der Waals surface area contributed by atoms with Crippen molar-refractivity contribution in [3.05, 3.63) is 29.3 Å². The largest absolute Gasteiger partial charge is 0.496 e. The molecule has 3 atom stereocenters. The van der Waals surface area contributed by atoms with Crippen LogP contribution >= 0.6 is 0 Å². The van der Waals surface area contributed by atoms with Crippen LogP contribution in [0.3, 0.4) is 0 Å². The molecular weight excluding hydrogens is 280 g/mol. The Morgan fingerprint density at radius 1 is 1.32 bits per heavy atom. The van der Waals surface area contributed by atoms with Crippen molar-refractivity contribution >= 4 is 6.03 Å². The molecule has 3 rings (SSSR count). The monoisotopic (exact) mass is 304 g/mol. The molecule has 1 N–H and O–H groups in total. The van der Waals surface area contributed by atoms with Gasteiger partial charge in [0.25, 0.3) is 0 Å². The van der Waals surface area contributed by atoms with Crippen LogP contribution in [0, 0.1) is 0 Å². The lowest BCUT2D eigenvalue weighted by molar-refractivity contribution is -0.0547. The van der Waals surface area contributed by atoms with Crippen LogP contribution in [0.1, 0.15) is 37.4 Å². The zero-order chi connectivity index (χ0) is 15.7. The minimum atomic E-state index is 0.00247. The third kappa shape index (κ3) is 2.90. The summed E-state index contributed by atoms with van der Waals surface area (Å²) in [5.41, 5.74) is 2.40. The summed E-state index contributed by atoms with van der Waals surface area (Å²) >= 11 is 0. The first kappa shape index (κ1) is 15.2. The standard InChI is InChI=1S/C17H24N2O3/c1-11-9-19(10-12(2)22-11)17(20)18-15-8-7-14-13(15)5-4-6-16(14)21-3/h4-6,11-12,15H,7-10H2,1-3H3,(H,18,20)/t11-,12+,15-/m0/s1. The van der Waals surface area contributed by atoms with E-state index in [1.54, 1.807) is 7.11 Å². The van der Waals surface area contributed by atoms with E-state index in [2.05, 4.69) is 11.4 Å². The average Bonchev–Trinajstić information content (AvgIpc) is 2.89. The SMILES string of the molecule is COc1cccc2c1CC[C@@H]2NC(=O)N1C[C@@H](C)O[C@@H](C)C1. The molecule has 1 aliphatic heterocycles. The van der Waals surface area contributed by atoms with Gasteiger partial charge in [-0.15, -0.1) is 0 Å². The fraction of sp³-hybridized carbons (Fsp3) is 0.588. The second-order valence-electron chi connectivity index (χ2n) is 6.23. The molecule has 1 saturated heterocycles. The predicted octanol–water partition coefficient (Wildman–Crippen LogP) is 2.50. The Morgan fingerprint density at radius 3 is 2.73 bits per heavy atom. The highest BCUT2D eigenvalue weighted by Gasteiger charge is 2.30.